The summed E-state index contributed by atoms with van der Waals surface area (Å²) < 4.78 is 39.8. The predicted molar refractivity (Wildman–Crippen MR) is 61.8 cm³/mol. The van der Waals surface area contributed by atoms with Gasteiger partial charge in [-0.2, -0.15) is 0 Å². The lowest BCUT2D eigenvalue weighted by molar-refractivity contribution is 0.0690. The summed E-state index contributed by atoms with van der Waals surface area (Å²) in [6.07, 6.45) is 1.22. The highest BCUT2D eigenvalue weighted by Gasteiger charge is 2.10. The summed E-state index contributed by atoms with van der Waals surface area (Å²) in [5.74, 6) is -5.31. The fourth-order valence-corrected chi connectivity index (χ4v) is 1.48. The van der Waals surface area contributed by atoms with E-state index in [4.69, 9.17) is 5.11 Å². The molecular weight excluding hydrogens is 277 g/mol. The van der Waals surface area contributed by atoms with Crippen LogP contribution in [0.3, 0.4) is 0 Å². The first-order valence-electron chi connectivity index (χ1n) is 5.49. The highest BCUT2D eigenvalue weighted by atomic mass is 19.2. The van der Waals surface area contributed by atoms with Gasteiger partial charge >= 0.3 is 5.97 Å². The van der Waals surface area contributed by atoms with Crippen molar-refractivity contribution in [2.75, 3.05) is 11.9 Å². The van der Waals surface area contributed by atoms with Crippen LogP contribution in [-0.4, -0.2) is 32.6 Å². The predicted octanol–water partition coefficient (Wildman–Crippen LogP) is 1.51. The number of nitrogens with one attached hydrogen (secondary N) is 1. The number of aromatic carboxylic acids is 1. The molecule has 1 aromatic heterocycles. The van der Waals surface area contributed by atoms with Crippen LogP contribution >= 0.6 is 0 Å². The van der Waals surface area contributed by atoms with Crippen LogP contribution in [0.15, 0.2) is 18.3 Å². The van der Waals surface area contributed by atoms with Gasteiger partial charge < -0.3 is 10.4 Å². The summed E-state index contributed by atoms with van der Waals surface area (Å²) >= 11 is 0. The van der Waals surface area contributed by atoms with Crippen molar-refractivity contribution in [3.8, 4) is 0 Å². The van der Waals surface area contributed by atoms with Crippen molar-refractivity contribution in [1.82, 2.24) is 15.0 Å². The van der Waals surface area contributed by atoms with Crippen molar-refractivity contribution in [1.29, 1.82) is 0 Å². The van der Waals surface area contributed by atoms with E-state index in [1.807, 2.05) is 0 Å². The molecule has 6 nitrogen and oxygen atoms in total. The SMILES string of the molecule is O=C(O)c1cn(CCNc2cc(F)c(F)c(F)c2)nn1. The summed E-state index contributed by atoms with van der Waals surface area (Å²) in [6, 6.07) is 1.64. The van der Waals surface area contributed by atoms with E-state index in [2.05, 4.69) is 15.6 Å². The monoisotopic (exact) mass is 286 g/mol. The lowest BCUT2D eigenvalue weighted by atomic mass is 10.3. The lowest BCUT2D eigenvalue weighted by Crippen LogP contribution is -2.11. The van der Waals surface area contributed by atoms with E-state index < -0.39 is 23.4 Å². The Morgan fingerprint density at radius 1 is 1.30 bits per heavy atom. The van der Waals surface area contributed by atoms with Crippen molar-refractivity contribution in [2.24, 2.45) is 0 Å². The van der Waals surface area contributed by atoms with Crippen LogP contribution in [0, 0.1) is 17.5 Å². The van der Waals surface area contributed by atoms with Crippen LogP contribution < -0.4 is 5.32 Å². The second kappa shape index (κ2) is 5.59. The first-order chi connectivity index (χ1) is 9.47. The Bertz CT molecular complexity index is 621. The topological polar surface area (TPSA) is 80.0 Å². The molecule has 0 unspecified atom stereocenters. The molecule has 2 aromatic rings. The van der Waals surface area contributed by atoms with Gasteiger partial charge in [0, 0.05) is 24.4 Å². The second-order valence-corrected chi connectivity index (χ2v) is 3.85. The van der Waals surface area contributed by atoms with Crippen molar-refractivity contribution >= 4 is 11.7 Å². The van der Waals surface area contributed by atoms with Gasteiger partial charge in [-0.15, -0.1) is 5.10 Å². The lowest BCUT2D eigenvalue weighted by Gasteiger charge is -2.07. The van der Waals surface area contributed by atoms with Crippen LogP contribution in [0.1, 0.15) is 10.5 Å². The van der Waals surface area contributed by atoms with Gasteiger partial charge in [0.15, 0.2) is 23.1 Å². The standard InChI is InChI=1S/C11H9F3N4O2/c12-7-3-6(4-8(13)10(7)14)15-1-2-18-5-9(11(19)20)16-17-18/h3-5,15H,1-2H2,(H,19,20). The molecule has 0 spiro atoms. The van der Waals surface area contributed by atoms with E-state index in [0.717, 1.165) is 12.1 Å². The van der Waals surface area contributed by atoms with Gasteiger partial charge in [-0.05, 0) is 0 Å². The Morgan fingerprint density at radius 2 is 1.95 bits per heavy atom. The first-order valence-corrected chi connectivity index (χ1v) is 5.49. The van der Waals surface area contributed by atoms with E-state index in [1.165, 1.54) is 10.9 Å². The molecule has 106 valence electrons. The van der Waals surface area contributed by atoms with E-state index >= 15 is 0 Å². The van der Waals surface area contributed by atoms with Crippen molar-refractivity contribution < 1.29 is 23.1 Å². The molecule has 0 saturated heterocycles. The minimum Gasteiger partial charge on any atom is -0.476 e. The third-order valence-corrected chi connectivity index (χ3v) is 2.41. The number of halogens is 3. The third-order valence-electron chi connectivity index (χ3n) is 2.41. The molecule has 2 N–H and O–H groups in total. The average Bonchev–Trinajstić information content (AvgIpc) is 2.85. The maximum absolute atomic E-state index is 12.9. The minimum absolute atomic E-state index is 0.0694. The largest absolute Gasteiger partial charge is 0.476 e. The van der Waals surface area contributed by atoms with E-state index in [0.29, 0.717) is 0 Å². The van der Waals surface area contributed by atoms with Gasteiger partial charge in [0.25, 0.3) is 0 Å². The number of benzene rings is 1. The number of anilines is 1. The molecule has 0 aliphatic rings. The van der Waals surface area contributed by atoms with Gasteiger partial charge in [-0.25, -0.2) is 22.6 Å². The molecule has 0 saturated carbocycles. The molecule has 0 bridgehead atoms. The zero-order valence-corrected chi connectivity index (χ0v) is 9.98. The van der Waals surface area contributed by atoms with Crippen LogP contribution in [0.25, 0.3) is 0 Å². The quantitative estimate of drug-likeness (QED) is 0.814. The van der Waals surface area contributed by atoms with Gasteiger partial charge in [-0.3, -0.25) is 0 Å². The first kappa shape index (κ1) is 13.8. The smallest absolute Gasteiger partial charge is 0.358 e. The fraction of sp³-hybridized carbons (Fsp3) is 0.182. The summed E-state index contributed by atoms with van der Waals surface area (Å²) in [7, 11) is 0. The van der Waals surface area contributed by atoms with Crippen LogP contribution in [0.4, 0.5) is 18.9 Å². The molecule has 2 rings (SSSR count). The summed E-state index contributed by atoms with van der Waals surface area (Å²) in [6.45, 7) is 0.424. The Balaban J connectivity index is 1.94. The molecule has 0 amide bonds. The van der Waals surface area contributed by atoms with Gasteiger partial charge in [0.05, 0.1) is 12.7 Å². The van der Waals surface area contributed by atoms with Crippen LogP contribution in [-0.2, 0) is 6.54 Å². The van der Waals surface area contributed by atoms with E-state index in [1.54, 1.807) is 0 Å². The van der Waals surface area contributed by atoms with Crippen LogP contribution in [0.2, 0.25) is 0 Å². The highest BCUT2D eigenvalue weighted by molar-refractivity contribution is 5.84. The summed E-state index contributed by atoms with van der Waals surface area (Å²) in [5.41, 5.74) is -0.135. The maximum Gasteiger partial charge on any atom is 0.358 e. The molecule has 0 aliphatic heterocycles. The van der Waals surface area contributed by atoms with E-state index in [9.17, 15) is 18.0 Å². The van der Waals surface area contributed by atoms with Crippen molar-refractivity contribution in [3.05, 3.63) is 41.5 Å². The zero-order valence-electron chi connectivity index (χ0n) is 9.98. The number of hydrogen-bond donors (Lipinski definition) is 2. The Labute approximate surface area is 110 Å². The number of carbonyl (C=O) groups is 1. The number of carboxylic acids is 1. The molecule has 20 heavy (non-hydrogen) atoms. The third kappa shape index (κ3) is 3.05. The van der Waals surface area contributed by atoms with Crippen molar-refractivity contribution in [3.63, 3.8) is 0 Å². The van der Waals surface area contributed by atoms with Crippen molar-refractivity contribution in [2.45, 2.75) is 6.54 Å². The summed E-state index contributed by atoms with van der Waals surface area (Å²) in [4.78, 5) is 10.6. The Morgan fingerprint density at radius 3 is 2.50 bits per heavy atom. The molecule has 1 aromatic carbocycles. The van der Waals surface area contributed by atoms with E-state index in [-0.39, 0.29) is 24.5 Å². The number of aromatic nitrogens is 3. The normalized spacial score (nSPS) is 10.6. The molecular formula is C11H9F3N4O2. The zero-order chi connectivity index (χ0) is 14.7. The van der Waals surface area contributed by atoms with Gasteiger partial charge in [-0.1, -0.05) is 5.21 Å². The Kier molecular flexibility index (Phi) is 3.87. The molecule has 1 heterocycles. The number of carboxylic acid groups (broad SMARTS) is 1. The minimum atomic E-state index is -1.53. The number of rotatable bonds is 5. The average molecular weight is 286 g/mol. The molecule has 9 heteroatoms. The number of nitrogens with zero attached hydrogens (tertiary/aromatic N) is 3. The maximum atomic E-state index is 12.9. The highest BCUT2D eigenvalue weighted by Crippen LogP contribution is 2.17. The molecule has 0 aliphatic carbocycles. The Hall–Kier alpha value is -2.58. The van der Waals surface area contributed by atoms with Gasteiger partial charge in [0.1, 0.15) is 0 Å². The van der Waals surface area contributed by atoms with Gasteiger partial charge in [0.2, 0.25) is 0 Å². The molecule has 0 atom stereocenters. The summed E-state index contributed by atoms with van der Waals surface area (Å²) in [5, 5.41) is 18.2. The van der Waals surface area contributed by atoms with Crippen LogP contribution in [0.5, 0.6) is 0 Å². The molecule has 0 radical (unpaired) electrons. The molecule has 0 fully saturated rings. The second-order valence-electron chi connectivity index (χ2n) is 3.85. The number of hydrogen-bond acceptors (Lipinski definition) is 4. The fourth-order valence-electron chi connectivity index (χ4n) is 1.48.